The number of halogens is 3. The van der Waals surface area contributed by atoms with Gasteiger partial charge in [0.25, 0.3) is 11.8 Å². The van der Waals surface area contributed by atoms with E-state index in [0.717, 1.165) is 17.1 Å². The van der Waals surface area contributed by atoms with Gasteiger partial charge in [0.15, 0.2) is 0 Å². The number of hydrazine groups is 1. The van der Waals surface area contributed by atoms with Crippen LogP contribution >= 0.6 is 0 Å². The molecule has 0 saturated heterocycles. The van der Waals surface area contributed by atoms with Gasteiger partial charge in [-0.15, -0.1) is 0 Å². The van der Waals surface area contributed by atoms with Gasteiger partial charge in [0.1, 0.15) is 5.82 Å². The normalized spacial score (nSPS) is 15.0. The van der Waals surface area contributed by atoms with Crippen LogP contribution in [-0.4, -0.2) is 21.8 Å². The molecule has 1 aromatic heterocycles. The smallest absolute Gasteiger partial charge is 0.271 e. The molecule has 134 valence electrons. The number of carbonyl (C=O) groups is 2. The van der Waals surface area contributed by atoms with Crippen LogP contribution in [0.2, 0.25) is 0 Å². The Morgan fingerprint density at radius 1 is 0.923 bits per heavy atom. The molecule has 2 amide bonds. The Balaban J connectivity index is 2.01. The Morgan fingerprint density at radius 3 is 2.04 bits per heavy atom. The minimum Gasteiger partial charge on any atom is -0.271 e. The third kappa shape index (κ3) is 3.05. The zero-order valence-electron chi connectivity index (χ0n) is 13.9. The summed E-state index contributed by atoms with van der Waals surface area (Å²) in [6.07, 6.45) is -4.59. The molecule has 0 saturated carbocycles. The van der Waals surface area contributed by atoms with Crippen LogP contribution in [0.5, 0.6) is 0 Å². The van der Waals surface area contributed by atoms with Gasteiger partial charge in [-0.05, 0) is 26.0 Å². The number of rotatable bonds is 3. The third-order valence-corrected chi connectivity index (χ3v) is 4.08. The van der Waals surface area contributed by atoms with Crippen LogP contribution in [-0.2, 0) is 15.8 Å². The van der Waals surface area contributed by atoms with Crippen molar-refractivity contribution in [3.63, 3.8) is 0 Å². The maximum atomic E-state index is 13.3. The highest BCUT2D eigenvalue weighted by molar-refractivity contribution is 6.19. The number of nitrogens with zero attached hydrogens (tertiary/aromatic N) is 2. The molecule has 2 heterocycles. The summed E-state index contributed by atoms with van der Waals surface area (Å²) in [5.74, 6) is -1.16. The summed E-state index contributed by atoms with van der Waals surface area (Å²) in [5, 5.41) is 0.745. The highest BCUT2D eigenvalue weighted by Crippen LogP contribution is 2.36. The number of hydrogen-bond donors (Lipinski definition) is 1. The van der Waals surface area contributed by atoms with Crippen molar-refractivity contribution in [2.75, 3.05) is 5.43 Å². The summed E-state index contributed by atoms with van der Waals surface area (Å²) >= 11 is 0. The lowest BCUT2D eigenvalue weighted by Gasteiger charge is -2.19. The monoisotopic (exact) mass is 361 g/mol. The van der Waals surface area contributed by atoms with E-state index in [2.05, 4.69) is 10.4 Å². The second-order valence-corrected chi connectivity index (χ2v) is 5.76. The molecule has 3 rings (SSSR count). The summed E-state index contributed by atoms with van der Waals surface area (Å²) in [7, 11) is 0. The van der Waals surface area contributed by atoms with Gasteiger partial charge in [0.05, 0.1) is 11.3 Å². The molecule has 5 nitrogen and oxygen atoms in total. The Morgan fingerprint density at radius 2 is 1.50 bits per heavy atom. The predicted molar refractivity (Wildman–Crippen MR) is 88.5 cm³/mol. The number of amides is 2. The predicted octanol–water partition coefficient (Wildman–Crippen LogP) is 3.80. The molecular formula is C18H14F3N3O2. The van der Waals surface area contributed by atoms with Gasteiger partial charge in [0.2, 0.25) is 0 Å². The molecular weight excluding hydrogens is 347 g/mol. The van der Waals surface area contributed by atoms with Crippen LogP contribution in [0.3, 0.4) is 0 Å². The van der Waals surface area contributed by atoms with Crippen LogP contribution in [0.1, 0.15) is 19.4 Å². The van der Waals surface area contributed by atoms with Crippen molar-refractivity contribution in [2.45, 2.75) is 20.0 Å². The van der Waals surface area contributed by atoms with E-state index in [0.29, 0.717) is 0 Å². The molecule has 0 radical (unpaired) electrons. The molecule has 26 heavy (non-hydrogen) atoms. The second kappa shape index (κ2) is 6.29. The SMILES string of the molecule is CC1=C(C)C(=O)N(Nc2ccc(C(F)(F)F)c(-c3ccccc3)n2)C1=O. The fourth-order valence-corrected chi connectivity index (χ4v) is 2.53. The molecule has 1 aromatic carbocycles. The van der Waals surface area contributed by atoms with Crippen molar-refractivity contribution in [2.24, 2.45) is 0 Å². The van der Waals surface area contributed by atoms with E-state index in [1.54, 1.807) is 18.2 Å². The van der Waals surface area contributed by atoms with Gasteiger partial charge in [-0.2, -0.15) is 18.2 Å². The maximum absolute atomic E-state index is 13.3. The molecule has 1 aliphatic rings. The summed E-state index contributed by atoms with van der Waals surface area (Å²) < 4.78 is 39.9. The Hall–Kier alpha value is -3.16. The average Bonchev–Trinajstić information content (AvgIpc) is 2.79. The topological polar surface area (TPSA) is 62.3 Å². The molecule has 0 bridgehead atoms. The fourth-order valence-electron chi connectivity index (χ4n) is 2.53. The molecule has 0 aliphatic carbocycles. The van der Waals surface area contributed by atoms with Crippen molar-refractivity contribution in [1.82, 2.24) is 9.99 Å². The summed E-state index contributed by atoms with van der Waals surface area (Å²) in [6.45, 7) is 3.01. The van der Waals surface area contributed by atoms with E-state index in [1.165, 1.54) is 26.0 Å². The summed E-state index contributed by atoms with van der Waals surface area (Å²) in [6, 6.07) is 9.84. The van der Waals surface area contributed by atoms with E-state index in [-0.39, 0.29) is 28.2 Å². The van der Waals surface area contributed by atoms with Crippen LogP contribution in [0.15, 0.2) is 53.6 Å². The lowest BCUT2D eigenvalue weighted by atomic mass is 10.1. The standard InChI is InChI=1S/C18H14F3N3O2/c1-10-11(2)17(26)24(16(10)25)23-14-9-8-13(18(19,20)21)15(22-14)12-6-4-3-5-7-12/h3-9H,1-2H3,(H,22,23). The quantitative estimate of drug-likeness (QED) is 0.845. The number of nitrogens with one attached hydrogen (secondary N) is 1. The molecule has 0 fully saturated rings. The largest absolute Gasteiger partial charge is 0.418 e. The van der Waals surface area contributed by atoms with Gasteiger partial charge in [-0.1, -0.05) is 30.3 Å². The molecule has 1 aliphatic heterocycles. The fraction of sp³-hybridized carbons (Fsp3) is 0.167. The molecule has 2 aromatic rings. The molecule has 0 unspecified atom stereocenters. The molecule has 0 atom stereocenters. The van der Waals surface area contributed by atoms with Gasteiger partial charge < -0.3 is 0 Å². The van der Waals surface area contributed by atoms with E-state index in [1.807, 2.05) is 0 Å². The Kier molecular flexibility index (Phi) is 4.27. The van der Waals surface area contributed by atoms with E-state index < -0.39 is 23.6 Å². The summed E-state index contributed by atoms with van der Waals surface area (Å²) in [4.78, 5) is 28.2. The van der Waals surface area contributed by atoms with Crippen molar-refractivity contribution in [3.8, 4) is 11.3 Å². The molecule has 8 heteroatoms. The highest BCUT2D eigenvalue weighted by Gasteiger charge is 2.36. The number of imide groups is 1. The van der Waals surface area contributed by atoms with Crippen molar-refractivity contribution in [1.29, 1.82) is 0 Å². The highest BCUT2D eigenvalue weighted by atomic mass is 19.4. The van der Waals surface area contributed by atoms with Crippen molar-refractivity contribution >= 4 is 17.6 Å². The minimum absolute atomic E-state index is 0.0407. The molecule has 1 N–H and O–H groups in total. The lowest BCUT2D eigenvalue weighted by molar-refractivity contribution is -0.138. The second-order valence-electron chi connectivity index (χ2n) is 5.76. The number of benzene rings is 1. The van der Waals surface area contributed by atoms with Gasteiger partial charge in [0, 0.05) is 16.7 Å². The molecule has 0 spiro atoms. The van der Waals surface area contributed by atoms with Gasteiger partial charge >= 0.3 is 6.18 Å². The van der Waals surface area contributed by atoms with Crippen LogP contribution in [0, 0.1) is 0 Å². The van der Waals surface area contributed by atoms with Crippen LogP contribution < -0.4 is 5.43 Å². The number of carbonyl (C=O) groups excluding carboxylic acids is 2. The number of aromatic nitrogens is 1. The van der Waals surface area contributed by atoms with Crippen molar-refractivity contribution in [3.05, 3.63) is 59.2 Å². The maximum Gasteiger partial charge on any atom is 0.418 e. The van der Waals surface area contributed by atoms with Crippen LogP contribution in [0.4, 0.5) is 19.0 Å². The Bertz CT molecular complexity index is 897. The first kappa shape index (κ1) is 17.7. The average molecular weight is 361 g/mol. The first-order valence-corrected chi connectivity index (χ1v) is 7.66. The number of anilines is 1. The van der Waals surface area contributed by atoms with Crippen molar-refractivity contribution < 1.29 is 22.8 Å². The number of alkyl halides is 3. The van der Waals surface area contributed by atoms with Crippen LogP contribution in [0.25, 0.3) is 11.3 Å². The first-order valence-electron chi connectivity index (χ1n) is 7.66. The number of hydrogen-bond acceptors (Lipinski definition) is 4. The van der Waals surface area contributed by atoms with E-state index in [9.17, 15) is 22.8 Å². The zero-order chi connectivity index (χ0) is 19.1. The van der Waals surface area contributed by atoms with Gasteiger partial charge in [-0.3, -0.25) is 15.0 Å². The number of pyridine rings is 1. The minimum atomic E-state index is -4.59. The summed E-state index contributed by atoms with van der Waals surface area (Å²) in [5.41, 5.74) is 2.13. The third-order valence-electron chi connectivity index (χ3n) is 4.08. The first-order chi connectivity index (χ1) is 12.2. The van der Waals surface area contributed by atoms with E-state index >= 15 is 0 Å². The van der Waals surface area contributed by atoms with Gasteiger partial charge in [-0.25, -0.2) is 4.98 Å². The lowest BCUT2D eigenvalue weighted by Crippen LogP contribution is -2.37. The Labute approximate surface area is 147 Å². The zero-order valence-corrected chi connectivity index (χ0v) is 13.9. The van der Waals surface area contributed by atoms with E-state index in [4.69, 9.17) is 0 Å².